The molecule has 2 aliphatic heterocycles. The third-order valence-electron chi connectivity index (χ3n) is 3.66. The number of fused-ring (bicyclic) bond motifs is 1. The third-order valence-corrected chi connectivity index (χ3v) is 3.83. The molecule has 1 aromatic rings. The predicted octanol–water partition coefficient (Wildman–Crippen LogP) is 1.82. The van der Waals surface area contributed by atoms with E-state index in [-0.39, 0.29) is 0 Å². The van der Waals surface area contributed by atoms with Gasteiger partial charge in [0, 0.05) is 38.6 Å². The minimum absolute atomic E-state index is 0.635. The van der Waals surface area contributed by atoms with E-state index in [0.29, 0.717) is 19.1 Å². The maximum Gasteiger partial charge on any atom is 0.184 e. The SMILES string of the molecule is ClCCN1CCN(c2cccc3c2OCCO3)CC1. The van der Waals surface area contributed by atoms with Crippen LogP contribution in [0.4, 0.5) is 5.69 Å². The summed E-state index contributed by atoms with van der Waals surface area (Å²) >= 11 is 5.79. The number of hydrogen-bond donors (Lipinski definition) is 0. The van der Waals surface area contributed by atoms with Crippen molar-refractivity contribution in [2.24, 2.45) is 0 Å². The summed E-state index contributed by atoms with van der Waals surface area (Å²) in [4.78, 5) is 4.77. The van der Waals surface area contributed by atoms with E-state index in [1.165, 1.54) is 0 Å². The van der Waals surface area contributed by atoms with Crippen LogP contribution in [0.5, 0.6) is 11.5 Å². The minimum Gasteiger partial charge on any atom is -0.486 e. The van der Waals surface area contributed by atoms with Crippen LogP contribution in [0, 0.1) is 0 Å². The van der Waals surface area contributed by atoms with Crippen molar-refractivity contribution in [1.82, 2.24) is 4.90 Å². The minimum atomic E-state index is 0.635. The van der Waals surface area contributed by atoms with Crippen LogP contribution in [0.2, 0.25) is 0 Å². The molecule has 0 spiro atoms. The summed E-state index contributed by atoms with van der Waals surface area (Å²) in [5.41, 5.74) is 1.16. The number of benzene rings is 1. The predicted molar refractivity (Wildman–Crippen MR) is 76.8 cm³/mol. The molecule has 0 unspecified atom stereocenters. The highest BCUT2D eigenvalue weighted by atomic mass is 35.5. The Morgan fingerprint density at radius 1 is 1.05 bits per heavy atom. The van der Waals surface area contributed by atoms with Crippen molar-refractivity contribution in [3.05, 3.63) is 18.2 Å². The first-order valence-electron chi connectivity index (χ1n) is 6.80. The van der Waals surface area contributed by atoms with Crippen molar-refractivity contribution in [3.63, 3.8) is 0 Å². The number of halogens is 1. The zero-order valence-corrected chi connectivity index (χ0v) is 11.7. The molecule has 4 nitrogen and oxygen atoms in total. The van der Waals surface area contributed by atoms with E-state index in [2.05, 4.69) is 15.9 Å². The molecule has 0 amide bonds. The van der Waals surface area contributed by atoms with Crippen molar-refractivity contribution in [2.75, 3.05) is 56.7 Å². The number of hydrogen-bond acceptors (Lipinski definition) is 4. The van der Waals surface area contributed by atoms with Crippen molar-refractivity contribution in [2.45, 2.75) is 0 Å². The van der Waals surface area contributed by atoms with Crippen LogP contribution in [-0.2, 0) is 0 Å². The summed E-state index contributed by atoms with van der Waals surface area (Å²) in [6.07, 6.45) is 0. The number of alkyl halides is 1. The van der Waals surface area contributed by atoms with Crippen LogP contribution in [0.1, 0.15) is 0 Å². The Morgan fingerprint density at radius 2 is 1.84 bits per heavy atom. The van der Waals surface area contributed by atoms with Crippen molar-refractivity contribution >= 4 is 17.3 Å². The molecule has 1 saturated heterocycles. The van der Waals surface area contributed by atoms with Gasteiger partial charge in [0.2, 0.25) is 0 Å². The average Bonchev–Trinajstić information content (AvgIpc) is 2.48. The fraction of sp³-hybridized carbons (Fsp3) is 0.571. The molecule has 19 heavy (non-hydrogen) atoms. The van der Waals surface area contributed by atoms with E-state index >= 15 is 0 Å². The maximum atomic E-state index is 5.79. The Hall–Kier alpha value is -1.13. The summed E-state index contributed by atoms with van der Waals surface area (Å²) in [5, 5.41) is 0. The van der Waals surface area contributed by atoms with Gasteiger partial charge in [-0.1, -0.05) is 6.07 Å². The van der Waals surface area contributed by atoms with Gasteiger partial charge < -0.3 is 14.4 Å². The van der Waals surface area contributed by atoms with Gasteiger partial charge in [0.1, 0.15) is 13.2 Å². The van der Waals surface area contributed by atoms with Gasteiger partial charge in [-0.25, -0.2) is 0 Å². The molecule has 0 atom stereocenters. The van der Waals surface area contributed by atoms with E-state index in [9.17, 15) is 0 Å². The van der Waals surface area contributed by atoms with Gasteiger partial charge in [0.15, 0.2) is 11.5 Å². The van der Waals surface area contributed by atoms with E-state index < -0.39 is 0 Å². The second-order valence-corrected chi connectivity index (χ2v) is 5.20. The van der Waals surface area contributed by atoms with Crippen LogP contribution in [0.3, 0.4) is 0 Å². The smallest absolute Gasteiger partial charge is 0.184 e. The van der Waals surface area contributed by atoms with Crippen LogP contribution in [0.15, 0.2) is 18.2 Å². The first-order chi connectivity index (χ1) is 9.38. The Morgan fingerprint density at radius 3 is 2.63 bits per heavy atom. The molecule has 2 aliphatic rings. The van der Waals surface area contributed by atoms with Crippen LogP contribution < -0.4 is 14.4 Å². The third kappa shape index (κ3) is 2.74. The maximum absolute atomic E-state index is 5.79. The summed E-state index contributed by atoms with van der Waals surface area (Å²) < 4.78 is 11.4. The van der Waals surface area contributed by atoms with Gasteiger partial charge in [0.25, 0.3) is 0 Å². The Bertz CT molecular complexity index is 433. The quantitative estimate of drug-likeness (QED) is 0.790. The molecule has 0 bridgehead atoms. The second-order valence-electron chi connectivity index (χ2n) is 4.82. The Kier molecular flexibility index (Phi) is 3.99. The monoisotopic (exact) mass is 282 g/mol. The standard InChI is InChI=1S/C14H19ClN2O2/c15-4-5-16-6-8-17(9-7-16)12-2-1-3-13-14(12)19-11-10-18-13/h1-3H,4-11H2. The topological polar surface area (TPSA) is 24.9 Å². The number of piperazine rings is 1. The molecular formula is C14H19ClN2O2. The summed E-state index contributed by atoms with van der Waals surface area (Å²) in [6, 6.07) is 6.13. The van der Waals surface area contributed by atoms with Crippen molar-refractivity contribution in [1.29, 1.82) is 0 Å². The number of anilines is 1. The Labute approximate surface area is 118 Å². The average molecular weight is 283 g/mol. The summed E-state index contributed by atoms with van der Waals surface area (Å²) in [5.74, 6) is 2.48. The molecular weight excluding hydrogens is 264 g/mol. The molecule has 0 N–H and O–H groups in total. The largest absolute Gasteiger partial charge is 0.486 e. The van der Waals surface area contributed by atoms with E-state index in [4.69, 9.17) is 21.1 Å². The Balaban J connectivity index is 1.73. The first kappa shape index (κ1) is 12.9. The number of ether oxygens (including phenoxy) is 2. The first-order valence-corrected chi connectivity index (χ1v) is 7.34. The molecule has 5 heteroatoms. The van der Waals surface area contributed by atoms with Crippen molar-refractivity contribution in [3.8, 4) is 11.5 Å². The molecule has 0 radical (unpaired) electrons. The summed E-state index contributed by atoms with van der Waals surface area (Å²) in [7, 11) is 0. The zero-order valence-electron chi connectivity index (χ0n) is 11.0. The van der Waals surface area contributed by atoms with Gasteiger partial charge in [-0.2, -0.15) is 0 Å². The second kappa shape index (κ2) is 5.88. The zero-order chi connectivity index (χ0) is 13.1. The lowest BCUT2D eigenvalue weighted by Crippen LogP contribution is -2.47. The van der Waals surface area contributed by atoms with Gasteiger partial charge >= 0.3 is 0 Å². The van der Waals surface area contributed by atoms with Gasteiger partial charge in [0.05, 0.1) is 5.69 Å². The number of nitrogens with zero attached hydrogens (tertiary/aromatic N) is 2. The lowest BCUT2D eigenvalue weighted by Gasteiger charge is -2.37. The lowest BCUT2D eigenvalue weighted by atomic mass is 10.2. The normalized spacial score (nSPS) is 19.5. The van der Waals surface area contributed by atoms with E-state index in [0.717, 1.165) is 49.9 Å². The lowest BCUT2D eigenvalue weighted by molar-refractivity contribution is 0.171. The van der Waals surface area contributed by atoms with Gasteiger partial charge in [-0.3, -0.25) is 4.90 Å². The highest BCUT2D eigenvalue weighted by molar-refractivity contribution is 6.18. The van der Waals surface area contributed by atoms with Crippen LogP contribution in [0.25, 0.3) is 0 Å². The molecule has 1 aromatic carbocycles. The molecule has 104 valence electrons. The van der Waals surface area contributed by atoms with Gasteiger partial charge in [-0.05, 0) is 12.1 Å². The van der Waals surface area contributed by atoms with Crippen LogP contribution in [-0.4, -0.2) is 56.7 Å². The number of para-hydroxylation sites is 1. The number of rotatable bonds is 3. The molecule has 0 aliphatic carbocycles. The molecule has 0 saturated carbocycles. The highest BCUT2D eigenvalue weighted by Crippen LogP contribution is 2.39. The fourth-order valence-electron chi connectivity index (χ4n) is 2.64. The molecule has 0 aromatic heterocycles. The molecule has 2 heterocycles. The van der Waals surface area contributed by atoms with E-state index in [1.807, 2.05) is 12.1 Å². The highest BCUT2D eigenvalue weighted by Gasteiger charge is 2.23. The molecule has 1 fully saturated rings. The van der Waals surface area contributed by atoms with Crippen LogP contribution >= 0.6 is 11.6 Å². The van der Waals surface area contributed by atoms with Crippen molar-refractivity contribution < 1.29 is 9.47 Å². The van der Waals surface area contributed by atoms with Gasteiger partial charge in [-0.15, -0.1) is 11.6 Å². The fourth-order valence-corrected chi connectivity index (χ4v) is 2.88. The summed E-state index contributed by atoms with van der Waals surface area (Å²) in [6.45, 7) is 6.37. The molecule has 3 rings (SSSR count). The van der Waals surface area contributed by atoms with E-state index in [1.54, 1.807) is 0 Å².